The number of amides is 2. The van der Waals surface area contributed by atoms with Crippen molar-refractivity contribution >= 4 is 6.03 Å². The zero-order valence-corrected chi connectivity index (χ0v) is 11.9. The van der Waals surface area contributed by atoms with Crippen LogP contribution in [0.2, 0.25) is 0 Å². The van der Waals surface area contributed by atoms with Crippen LogP contribution >= 0.6 is 0 Å². The quantitative estimate of drug-likeness (QED) is 0.899. The van der Waals surface area contributed by atoms with E-state index < -0.39 is 0 Å². The van der Waals surface area contributed by atoms with Crippen LogP contribution in [0, 0.1) is 6.42 Å². The van der Waals surface area contributed by atoms with Crippen LogP contribution in [-0.2, 0) is 0 Å². The number of nitrogens with two attached hydrogens (primary N) is 1. The van der Waals surface area contributed by atoms with Gasteiger partial charge in [0.05, 0.1) is 0 Å². The fraction of sp³-hybridized carbons (Fsp3) is 0.222. The van der Waals surface area contributed by atoms with Crippen LogP contribution in [0.25, 0.3) is 11.1 Å². The van der Waals surface area contributed by atoms with Crippen LogP contribution in [0.1, 0.15) is 17.9 Å². The fourth-order valence-electron chi connectivity index (χ4n) is 2.83. The van der Waals surface area contributed by atoms with Gasteiger partial charge >= 0.3 is 6.03 Å². The molecule has 1 aliphatic heterocycles. The Kier molecular flexibility index (Phi) is 3.91. The number of hydrogen-bond donors (Lipinski definition) is 1. The molecule has 1 atom stereocenters. The molecule has 3 heteroatoms. The van der Waals surface area contributed by atoms with E-state index in [1.165, 1.54) is 16.7 Å². The number of carbonyl (C=O) groups excluding carboxylic acids is 1. The maximum absolute atomic E-state index is 11.3. The molecule has 1 saturated heterocycles. The minimum Gasteiger partial charge on any atom is -0.351 e. The highest BCUT2D eigenvalue weighted by Crippen LogP contribution is 2.28. The van der Waals surface area contributed by atoms with Gasteiger partial charge in [-0.25, -0.2) is 4.79 Å². The Balaban J connectivity index is 1.76. The third-order valence-electron chi connectivity index (χ3n) is 4.02. The van der Waals surface area contributed by atoms with Crippen molar-refractivity contribution in [2.75, 3.05) is 13.1 Å². The summed E-state index contributed by atoms with van der Waals surface area (Å²) in [6.07, 6.45) is 3.17. The van der Waals surface area contributed by atoms with Crippen LogP contribution in [0.4, 0.5) is 4.79 Å². The third kappa shape index (κ3) is 3.07. The van der Waals surface area contributed by atoms with E-state index in [1.807, 2.05) is 18.2 Å². The summed E-state index contributed by atoms with van der Waals surface area (Å²) in [6, 6.07) is 18.6. The summed E-state index contributed by atoms with van der Waals surface area (Å²) in [7, 11) is 0. The number of likely N-dealkylation sites (tertiary alicyclic amines) is 1. The Morgan fingerprint density at radius 1 is 1.00 bits per heavy atom. The predicted molar refractivity (Wildman–Crippen MR) is 84.7 cm³/mol. The van der Waals surface area contributed by atoms with Gasteiger partial charge in [-0.05, 0) is 29.5 Å². The molecule has 1 unspecified atom stereocenters. The standard InChI is InChI=1S/C18H19N2O/c19-18(21)20-12-4-7-17(13-20)16-10-8-15(9-11-16)14-5-2-1-3-6-14/h1-3,5-11,17H,4,12-13H2,(H2,19,21). The molecule has 2 amide bonds. The summed E-state index contributed by atoms with van der Waals surface area (Å²) >= 11 is 0. The zero-order valence-electron chi connectivity index (χ0n) is 11.9. The molecular weight excluding hydrogens is 260 g/mol. The molecule has 0 aliphatic carbocycles. The molecule has 1 heterocycles. The van der Waals surface area contributed by atoms with E-state index in [1.54, 1.807) is 4.90 Å². The molecule has 2 N–H and O–H groups in total. The second kappa shape index (κ2) is 6.00. The van der Waals surface area contributed by atoms with Crippen LogP contribution in [0.5, 0.6) is 0 Å². The fourth-order valence-corrected chi connectivity index (χ4v) is 2.83. The number of urea groups is 1. The highest BCUT2D eigenvalue weighted by molar-refractivity contribution is 5.72. The van der Waals surface area contributed by atoms with Gasteiger partial charge in [-0.3, -0.25) is 0 Å². The number of hydrogen-bond acceptors (Lipinski definition) is 1. The lowest BCUT2D eigenvalue weighted by Crippen LogP contribution is -2.42. The van der Waals surface area contributed by atoms with Crippen molar-refractivity contribution in [3.05, 3.63) is 66.6 Å². The Morgan fingerprint density at radius 2 is 1.67 bits per heavy atom. The van der Waals surface area contributed by atoms with Gasteiger partial charge in [-0.2, -0.15) is 0 Å². The molecule has 3 rings (SSSR count). The summed E-state index contributed by atoms with van der Waals surface area (Å²) in [4.78, 5) is 13.0. The minimum absolute atomic E-state index is 0.274. The van der Waals surface area contributed by atoms with Gasteiger partial charge in [0.25, 0.3) is 0 Å². The number of carbonyl (C=O) groups is 1. The van der Waals surface area contributed by atoms with E-state index in [-0.39, 0.29) is 11.9 Å². The van der Waals surface area contributed by atoms with Crippen LogP contribution in [0.15, 0.2) is 54.6 Å². The van der Waals surface area contributed by atoms with Crippen molar-refractivity contribution in [2.45, 2.75) is 12.3 Å². The van der Waals surface area contributed by atoms with E-state index in [2.05, 4.69) is 42.8 Å². The maximum Gasteiger partial charge on any atom is 0.314 e. The molecule has 0 spiro atoms. The molecule has 0 saturated carbocycles. The van der Waals surface area contributed by atoms with Gasteiger partial charge in [0, 0.05) is 19.0 Å². The van der Waals surface area contributed by atoms with Gasteiger partial charge < -0.3 is 10.6 Å². The summed E-state index contributed by atoms with van der Waals surface area (Å²) < 4.78 is 0. The minimum atomic E-state index is -0.325. The monoisotopic (exact) mass is 279 g/mol. The predicted octanol–water partition coefficient (Wildman–Crippen LogP) is 3.43. The molecule has 1 fully saturated rings. The van der Waals surface area contributed by atoms with Gasteiger partial charge in [0.2, 0.25) is 0 Å². The number of nitrogens with zero attached hydrogens (tertiary/aromatic N) is 1. The molecule has 2 aromatic carbocycles. The largest absolute Gasteiger partial charge is 0.351 e. The zero-order chi connectivity index (χ0) is 14.7. The van der Waals surface area contributed by atoms with E-state index in [4.69, 9.17) is 5.73 Å². The lowest BCUT2D eigenvalue weighted by Gasteiger charge is -2.31. The number of primary amides is 1. The van der Waals surface area contributed by atoms with Crippen LogP contribution in [-0.4, -0.2) is 24.0 Å². The van der Waals surface area contributed by atoms with Gasteiger partial charge in [-0.15, -0.1) is 0 Å². The number of benzene rings is 2. The molecule has 1 radical (unpaired) electrons. The van der Waals surface area contributed by atoms with Crippen molar-refractivity contribution in [1.82, 2.24) is 4.90 Å². The van der Waals surface area contributed by atoms with Crippen molar-refractivity contribution < 1.29 is 4.79 Å². The molecule has 2 aromatic rings. The number of piperidine rings is 1. The van der Waals surface area contributed by atoms with Crippen molar-refractivity contribution in [2.24, 2.45) is 5.73 Å². The summed E-state index contributed by atoms with van der Waals surface area (Å²) in [6.45, 7) is 1.41. The van der Waals surface area contributed by atoms with E-state index in [0.717, 1.165) is 13.0 Å². The molecule has 3 nitrogen and oxygen atoms in total. The maximum atomic E-state index is 11.3. The molecule has 107 valence electrons. The van der Waals surface area contributed by atoms with E-state index in [9.17, 15) is 4.79 Å². The molecule has 0 aromatic heterocycles. The molecule has 0 bridgehead atoms. The topological polar surface area (TPSA) is 46.3 Å². The Morgan fingerprint density at radius 3 is 2.33 bits per heavy atom. The first kappa shape index (κ1) is 13.7. The molecular formula is C18H19N2O. The molecule has 21 heavy (non-hydrogen) atoms. The molecule has 1 aliphatic rings. The van der Waals surface area contributed by atoms with Gasteiger partial charge in [0.1, 0.15) is 0 Å². The van der Waals surface area contributed by atoms with Crippen LogP contribution in [0.3, 0.4) is 0 Å². The van der Waals surface area contributed by atoms with Crippen molar-refractivity contribution in [1.29, 1.82) is 0 Å². The summed E-state index contributed by atoms with van der Waals surface area (Å²) in [5.41, 5.74) is 9.05. The first-order chi connectivity index (χ1) is 10.2. The Bertz CT molecular complexity index is 607. The highest BCUT2D eigenvalue weighted by Gasteiger charge is 2.23. The average Bonchev–Trinajstić information content (AvgIpc) is 2.56. The average molecular weight is 279 g/mol. The van der Waals surface area contributed by atoms with Gasteiger partial charge in [0.15, 0.2) is 0 Å². The summed E-state index contributed by atoms with van der Waals surface area (Å²) in [5, 5.41) is 0. The van der Waals surface area contributed by atoms with E-state index in [0.29, 0.717) is 6.54 Å². The lowest BCUT2D eigenvalue weighted by atomic mass is 9.89. The third-order valence-corrected chi connectivity index (χ3v) is 4.02. The van der Waals surface area contributed by atoms with E-state index >= 15 is 0 Å². The Hall–Kier alpha value is -2.29. The van der Waals surface area contributed by atoms with Crippen LogP contribution < -0.4 is 5.73 Å². The Labute approximate surface area is 125 Å². The summed E-state index contributed by atoms with van der Waals surface area (Å²) in [5.74, 6) is 0.274. The number of rotatable bonds is 2. The second-order valence-corrected chi connectivity index (χ2v) is 5.40. The lowest BCUT2D eigenvalue weighted by molar-refractivity contribution is 0.198. The van der Waals surface area contributed by atoms with Crippen molar-refractivity contribution in [3.63, 3.8) is 0 Å². The highest BCUT2D eigenvalue weighted by atomic mass is 16.2. The first-order valence-corrected chi connectivity index (χ1v) is 7.27. The first-order valence-electron chi connectivity index (χ1n) is 7.27. The smallest absolute Gasteiger partial charge is 0.314 e. The SMILES string of the molecule is NC(=O)N1CC[CH]C(c2ccc(-c3ccccc3)cc2)C1. The normalized spacial score (nSPS) is 18.5. The second-order valence-electron chi connectivity index (χ2n) is 5.40. The van der Waals surface area contributed by atoms with Crippen molar-refractivity contribution in [3.8, 4) is 11.1 Å². The van der Waals surface area contributed by atoms with Gasteiger partial charge in [-0.1, -0.05) is 54.6 Å².